The standard InChI is InChI=1S/C17H29BN4O2/c1-12-14(18-23-16(3,4)17(5,6)24-18)13(2)20-15(19-12)22-10-8-21(7)9-11-22/h8-11H2,1-7H3. The van der Waals surface area contributed by atoms with E-state index in [4.69, 9.17) is 19.3 Å². The molecule has 1 aromatic heterocycles. The third kappa shape index (κ3) is 3.05. The van der Waals surface area contributed by atoms with Crippen molar-refractivity contribution in [3.8, 4) is 0 Å². The minimum absolute atomic E-state index is 0.354. The van der Waals surface area contributed by atoms with Crippen LogP contribution in [-0.2, 0) is 9.31 Å². The van der Waals surface area contributed by atoms with E-state index in [0.717, 1.165) is 49.0 Å². The van der Waals surface area contributed by atoms with Gasteiger partial charge in [-0.25, -0.2) is 9.97 Å². The van der Waals surface area contributed by atoms with Crippen LogP contribution in [0.5, 0.6) is 0 Å². The Morgan fingerprint density at radius 3 is 1.79 bits per heavy atom. The molecule has 3 heterocycles. The van der Waals surface area contributed by atoms with Crippen LogP contribution in [0.3, 0.4) is 0 Å². The third-order valence-corrected chi connectivity index (χ3v) is 5.59. The summed E-state index contributed by atoms with van der Waals surface area (Å²) in [6, 6.07) is 0. The van der Waals surface area contributed by atoms with Gasteiger partial charge in [-0.3, -0.25) is 0 Å². The lowest BCUT2D eigenvalue weighted by molar-refractivity contribution is 0.00578. The van der Waals surface area contributed by atoms with Gasteiger partial charge >= 0.3 is 7.12 Å². The van der Waals surface area contributed by atoms with Crippen molar-refractivity contribution in [2.24, 2.45) is 0 Å². The molecule has 0 radical (unpaired) electrons. The van der Waals surface area contributed by atoms with E-state index in [1.165, 1.54) is 0 Å². The number of rotatable bonds is 2. The fourth-order valence-corrected chi connectivity index (χ4v) is 3.16. The molecule has 0 aromatic carbocycles. The Hall–Kier alpha value is -1.18. The fraction of sp³-hybridized carbons (Fsp3) is 0.765. The van der Waals surface area contributed by atoms with Gasteiger partial charge < -0.3 is 19.1 Å². The van der Waals surface area contributed by atoms with Crippen molar-refractivity contribution in [2.45, 2.75) is 52.7 Å². The first-order valence-electron chi connectivity index (χ1n) is 8.75. The maximum absolute atomic E-state index is 6.19. The van der Waals surface area contributed by atoms with E-state index in [1.807, 2.05) is 13.8 Å². The summed E-state index contributed by atoms with van der Waals surface area (Å²) in [6.07, 6.45) is 0. The Bertz CT molecular complexity index is 588. The number of likely N-dealkylation sites (N-methyl/N-ethyl adjacent to an activating group) is 1. The van der Waals surface area contributed by atoms with Crippen LogP contribution in [0.1, 0.15) is 39.1 Å². The lowest BCUT2D eigenvalue weighted by Crippen LogP contribution is -2.46. The molecule has 2 aliphatic rings. The van der Waals surface area contributed by atoms with Crippen molar-refractivity contribution >= 4 is 18.5 Å². The highest BCUT2D eigenvalue weighted by atomic mass is 16.7. The number of nitrogens with zero attached hydrogens (tertiary/aromatic N) is 4. The molecular weight excluding hydrogens is 303 g/mol. The SMILES string of the molecule is Cc1nc(N2CCN(C)CC2)nc(C)c1B1OC(C)(C)C(C)(C)O1. The van der Waals surface area contributed by atoms with Gasteiger partial charge in [-0.05, 0) is 48.6 Å². The first-order chi connectivity index (χ1) is 11.1. The first kappa shape index (κ1) is 17.6. The molecule has 3 rings (SSSR count). The maximum Gasteiger partial charge on any atom is 0.498 e. The minimum atomic E-state index is -0.406. The second-order valence-corrected chi connectivity index (χ2v) is 7.99. The Morgan fingerprint density at radius 1 is 0.875 bits per heavy atom. The monoisotopic (exact) mass is 332 g/mol. The number of piperazine rings is 1. The maximum atomic E-state index is 6.19. The van der Waals surface area contributed by atoms with E-state index in [0.29, 0.717) is 0 Å². The summed E-state index contributed by atoms with van der Waals surface area (Å²) in [4.78, 5) is 14.1. The highest BCUT2D eigenvalue weighted by Crippen LogP contribution is 2.36. The van der Waals surface area contributed by atoms with E-state index >= 15 is 0 Å². The molecule has 0 N–H and O–H groups in total. The number of hydrogen-bond donors (Lipinski definition) is 0. The Morgan fingerprint density at radius 2 is 1.33 bits per heavy atom. The van der Waals surface area contributed by atoms with Crippen LogP contribution in [0.15, 0.2) is 0 Å². The Kier molecular flexibility index (Phi) is 4.39. The summed E-state index contributed by atoms with van der Waals surface area (Å²) in [6.45, 7) is 16.3. The van der Waals surface area contributed by atoms with Crippen LogP contribution >= 0.6 is 0 Å². The smallest absolute Gasteiger partial charge is 0.399 e. The molecule has 6 nitrogen and oxygen atoms in total. The predicted molar refractivity (Wildman–Crippen MR) is 96.9 cm³/mol. The second kappa shape index (κ2) is 5.97. The highest BCUT2D eigenvalue weighted by Gasteiger charge is 2.52. The van der Waals surface area contributed by atoms with Gasteiger partial charge in [0.2, 0.25) is 5.95 Å². The van der Waals surface area contributed by atoms with E-state index < -0.39 is 7.12 Å². The molecule has 0 atom stereocenters. The lowest BCUT2D eigenvalue weighted by atomic mass is 9.76. The molecular formula is C17H29BN4O2. The highest BCUT2D eigenvalue weighted by molar-refractivity contribution is 6.63. The molecule has 0 unspecified atom stereocenters. The van der Waals surface area contributed by atoms with Gasteiger partial charge in [-0.1, -0.05) is 0 Å². The zero-order valence-corrected chi connectivity index (χ0v) is 16.0. The average Bonchev–Trinajstić information content (AvgIpc) is 2.66. The van der Waals surface area contributed by atoms with Crippen LogP contribution in [0.2, 0.25) is 0 Å². The van der Waals surface area contributed by atoms with Gasteiger partial charge in [0.05, 0.1) is 11.2 Å². The van der Waals surface area contributed by atoms with E-state index in [-0.39, 0.29) is 11.2 Å². The van der Waals surface area contributed by atoms with Crippen molar-refractivity contribution in [2.75, 3.05) is 38.1 Å². The summed E-state index contributed by atoms with van der Waals surface area (Å²) in [5.74, 6) is 0.818. The molecule has 0 spiro atoms. The Balaban J connectivity index is 1.86. The quantitative estimate of drug-likeness (QED) is 0.757. The van der Waals surface area contributed by atoms with Crippen LogP contribution in [-0.4, -0.2) is 66.4 Å². The molecule has 0 amide bonds. The number of aromatic nitrogens is 2. The third-order valence-electron chi connectivity index (χ3n) is 5.59. The van der Waals surface area contributed by atoms with Crippen LogP contribution < -0.4 is 10.4 Å². The zero-order chi connectivity index (χ0) is 17.7. The van der Waals surface area contributed by atoms with Crippen molar-refractivity contribution in [3.63, 3.8) is 0 Å². The fourth-order valence-electron chi connectivity index (χ4n) is 3.16. The van der Waals surface area contributed by atoms with Gasteiger partial charge in [-0.15, -0.1) is 0 Å². The van der Waals surface area contributed by atoms with Gasteiger partial charge in [-0.2, -0.15) is 0 Å². The van der Waals surface area contributed by atoms with E-state index in [1.54, 1.807) is 0 Å². The number of anilines is 1. The van der Waals surface area contributed by atoms with Crippen molar-refractivity contribution in [3.05, 3.63) is 11.4 Å². The zero-order valence-electron chi connectivity index (χ0n) is 16.0. The van der Waals surface area contributed by atoms with Crippen molar-refractivity contribution < 1.29 is 9.31 Å². The summed E-state index contributed by atoms with van der Waals surface area (Å²) in [5, 5.41) is 0. The molecule has 0 aliphatic carbocycles. The molecule has 2 aliphatic heterocycles. The molecule has 2 fully saturated rings. The summed E-state index contributed by atoms with van der Waals surface area (Å²) in [7, 11) is 1.74. The first-order valence-corrected chi connectivity index (χ1v) is 8.75. The minimum Gasteiger partial charge on any atom is -0.399 e. The average molecular weight is 332 g/mol. The van der Waals surface area contributed by atoms with Gasteiger partial charge in [0, 0.05) is 43.0 Å². The molecule has 1 aromatic rings. The van der Waals surface area contributed by atoms with Gasteiger partial charge in [0.15, 0.2) is 0 Å². The van der Waals surface area contributed by atoms with E-state index in [2.05, 4.69) is 44.5 Å². The van der Waals surface area contributed by atoms with E-state index in [9.17, 15) is 0 Å². The molecule has 24 heavy (non-hydrogen) atoms. The molecule has 0 bridgehead atoms. The number of hydrogen-bond acceptors (Lipinski definition) is 6. The Labute approximate surface area is 145 Å². The summed E-state index contributed by atoms with van der Waals surface area (Å²) in [5.41, 5.74) is 2.13. The second-order valence-electron chi connectivity index (χ2n) is 7.99. The van der Waals surface area contributed by atoms with Gasteiger partial charge in [0.25, 0.3) is 0 Å². The lowest BCUT2D eigenvalue weighted by Gasteiger charge is -2.32. The van der Waals surface area contributed by atoms with Gasteiger partial charge in [0.1, 0.15) is 0 Å². The van der Waals surface area contributed by atoms with Crippen LogP contribution in [0.4, 0.5) is 5.95 Å². The van der Waals surface area contributed by atoms with Crippen LogP contribution in [0, 0.1) is 13.8 Å². The topological polar surface area (TPSA) is 50.7 Å². The molecule has 7 heteroatoms. The summed E-state index contributed by atoms with van der Waals surface area (Å²) >= 11 is 0. The molecule has 0 saturated carbocycles. The predicted octanol–water partition coefficient (Wildman–Crippen LogP) is 1.14. The van der Waals surface area contributed by atoms with Crippen molar-refractivity contribution in [1.82, 2.24) is 14.9 Å². The largest absolute Gasteiger partial charge is 0.498 e. The molecule has 2 saturated heterocycles. The molecule has 132 valence electrons. The summed E-state index contributed by atoms with van der Waals surface area (Å²) < 4.78 is 12.4. The van der Waals surface area contributed by atoms with Crippen molar-refractivity contribution in [1.29, 1.82) is 0 Å². The van der Waals surface area contributed by atoms with Crippen LogP contribution in [0.25, 0.3) is 0 Å². The number of aryl methyl sites for hydroxylation is 2. The normalized spacial score (nSPS) is 23.8.